The molecular weight excluding hydrogens is 750 g/mol. The largest absolute Gasteiger partial charge is 0.466 e. The molecule has 1 aliphatic rings. The number of carbonyl (C=O) groups is 4. The molecule has 3 heterocycles. The van der Waals surface area contributed by atoms with Gasteiger partial charge in [-0.25, -0.2) is 23.5 Å². The number of ketones is 1. The summed E-state index contributed by atoms with van der Waals surface area (Å²) < 4.78 is 36.4. The van der Waals surface area contributed by atoms with E-state index in [2.05, 4.69) is 25.0 Å². The number of thiazole rings is 2. The molecule has 1 unspecified atom stereocenters. The van der Waals surface area contributed by atoms with Crippen LogP contribution in [0.3, 0.4) is 0 Å². The second-order valence-electron chi connectivity index (χ2n) is 10.6. The molecule has 2 aromatic heterocycles. The van der Waals surface area contributed by atoms with Gasteiger partial charge in [-0.05, 0) is 70.4 Å². The van der Waals surface area contributed by atoms with Gasteiger partial charge in [-0.3, -0.25) is 24.8 Å². The third-order valence-corrected chi connectivity index (χ3v) is 8.36. The minimum atomic E-state index is -0.644. The third-order valence-electron chi connectivity index (χ3n) is 6.77. The van der Waals surface area contributed by atoms with E-state index in [1.54, 1.807) is 70.6 Å². The number of aliphatic imine (C=N–C) groups is 1. The number of halogens is 3. The summed E-state index contributed by atoms with van der Waals surface area (Å²) >= 11 is 2.81. The van der Waals surface area contributed by atoms with Gasteiger partial charge >= 0.3 is 11.9 Å². The number of nitrogen functional groups attached to an aromatic ring is 1. The maximum atomic E-state index is 14.1. The van der Waals surface area contributed by atoms with Crippen molar-refractivity contribution in [3.63, 3.8) is 0 Å². The van der Waals surface area contributed by atoms with Crippen LogP contribution in [0.25, 0.3) is 0 Å². The van der Waals surface area contributed by atoms with Crippen LogP contribution in [-0.4, -0.2) is 58.9 Å². The zero-order valence-electron chi connectivity index (χ0n) is 29.9. The van der Waals surface area contributed by atoms with Gasteiger partial charge in [0.15, 0.2) is 21.7 Å². The highest BCUT2D eigenvalue weighted by Crippen LogP contribution is 2.34. The van der Waals surface area contributed by atoms with Crippen LogP contribution in [0.2, 0.25) is 0 Å². The van der Waals surface area contributed by atoms with Gasteiger partial charge in [0.1, 0.15) is 36.2 Å². The van der Waals surface area contributed by atoms with E-state index in [0.29, 0.717) is 62.3 Å². The predicted octanol–water partition coefficient (Wildman–Crippen LogP) is 6.84. The monoisotopic (exact) mass is 790 g/mol. The topological polar surface area (TPSA) is 187 Å². The van der Waals surface area contributed by atoms with Gasteiger partial charge in [0.2, 0.25) is 0 Å². The molecule has 0 saturated carbocycles. The number of hydrogen-bond acceptors (Lipinski definition) is 13. The van der Waals surface area contributed by atoms with E-state index in [9.17, 15) is 28.0 Å². The molecule has 0 aliphatic carbocycles. The molecule has 0 amide bonds. The zero-order valence-corrected chi connectivity index (χ0v) is 32.3. The fourth-order valence-corrected chi connectivity index (χ4v) is 5.35. The summed E-state index contributed by atoms with van der Waals surface area (Å²) in [4.78, 5) is 56.0. The molecule has 53 heavy (non-hydrogen) atoms. The van der Waals surface area contributed by atoms with Crippen LogP contribution >= 0.6 is 35.1 Å². The molecule has 1 atom stereocenters. The lowest BCUT2D eigenvalue weighted by Crippen LogP contribution is -2.33. The first kappa shape index (κ1) is 45.8. The number of allylic oxidation sites excluding steroid dienone is 1. The summed E-state index contributed by atoms with van der Waals surface area (Å²) in [6, 6.07) is 8.60. The molecule has 0 fully saturated rings. The molecule has 4 aromatic rings. The molecule has 2 aromatic carbocycles. The highest BCUT2D eigenvalue weighted by atomic mass is 35.5. The van der Waals surface area contributed by atoms with Crippen LogP contribution in [0.1, 0.15) is 77.2 Å². The molecular formula is C36H41ClF2N6O6S2. The number of rotatable bonds is 9. The minimum absolute atomic E-state index is 0. The third kappa shape index (κ3) is 14.4. The van der Waals surface area contributed by atoms with E-state index in [-0.39, 0.29) is 48.7 Å². The van der Waals surface area contributed by atoms with Crippen LogP contribution in [0.5, 0.6) is 0 Å². The molecule has 284 valence electrons. The average Bonchev–Trinajstić information content (AvgIpc) is 3.84. The van der Waals surface area contributed by atoms with E-state index < -0.39 is 18.0 Å². The highest BCUT2D eigenvalue weighted by Gasteiger charge is 2.32. The number of nitrogens with one attached hydrogen (secondary N) is 2. The molecule has 0 spiro atoms. The number of benzene rings is 2. The van der Waals surface area contributed by atoms with Crippen molar-refractivity contribution < 1.29 is 37.4 Å². The van der Waals surface area contributed by atoms with E-state index in [4.69, 9.17) is 15.9 Å². The second kappa shape index (κ2) is 23.4. The first-order valence-electron chi connectivity index (χ1n) is 15.7. The van der Waals surface area contributed by atoms with Gasteiger partial charge in [0.05, 0.1) is 18.8 Å². The smallest absolute Gasteiger partial charge is 0.338 e. The normalized spacial score (nSPS) is 12.7. The molecule has 1 aliphatic heterocycles. The van der Waals surface area contributed by atoms with Crippen LogP contribution in [-0.2, 0) is 23.9 Å². The number of nitrogens with two attached hydrogens (primary N) is 1. The Balaban J connectivity index is 0.000000412. The number of carbonyl (C=O) groups excluding carboxylic acids is 4. The SMILES string of the molecule is CCOC(=O)C1=C(C)NC(c2nccs2)=NC1c1cccc(F)c1C.CCOC(=O)CC(C)=O.Cc1c(F)cccc1C=O.Cl.N=C(N)c1nccs1. The summed E-state index contributed by atoms with van der Waals surface area (Å²) in [5, 5.41) is 14.9. The van der Waals surface area contributed by atoms with Crippen molar-refractivity contribution in [2.75, 3.05) is 13.2 Å². The Morgan fingerprint density at radius 1 is 0.943 bits per heavy atom. The van der Waals surface area contributed by atoms with Crippen molar-refractivity contribution in [1.29, 1.82) is 5.41 Å². The number of aromatic nitrogens is 2. The van der Waals surface area contributed by atoms with Crippen LogP contribution in [0.4, 0.5) is 8.78 Å². The van der Waals surface area contributed by atoms with Crippen molar-refractivity contribution in [2.24, 2.45) is 10.7 Å². The first-order valence-corrected chi connectivity index (χ1v) is 17.5. The molecule has 0 radical (unpaired) electrons. The number of nitrogens with zero attached hydrogens (tertiary/aromatic N) is 3. The van der Waals surface area contributed by atoms with Gasteiger partial charge in [0.25, 0.3) is 0 Å². The Morgan fingerprint density at radius 2 is 1.55 bits per heavy atom. The Kier molecular flexibility index (Phi) is 20.2. The van der Waals surface area contributed by atoms with Crippen molar-refractivity contribution in [2.45, 2.75) is 54.0 Å². The van der Waals surface area contributed by atoms with Crippen LogP contribution < -0.4 is 11.1 Å². The van der Waals surface area contributed by atoms with Crippen molar-refractivity contribution in [3.8, 4) is 0 Å². The number of amidine groups is 2. The van der Waals surface area contributed by atoms with Crippen LogP contribution in [0, 0.1) is 30.9 Å². The Hall–Kier alpha value is -5.19. The summed E-state index contributed by atoms with van der Waals surface area (Å²) in [6.45, 7) is 10.5. The molecule has 12 nitrogen and oxygen atoms in total. The lowest BCUT2D eigenvalue weighted by molar-refractivity contribution is -0.145. The maximum absolute atomic E-state index is 14.1. The van der Waals surface area contributed by atoms with Crippen molar-refractivity contribution in [3.05, 3.63) is 115 Å². The molecule has 5 rings (SSSR count). The Morgan fingerprint density at radius 3 is 2.04 bits per heavy atom. The van der Waals surface area contributed by atoms with Gasteiger partial charge in [0, 0.05) is 34.4 Å². The van der Waals surface area contributed by atoms with E-state index >= 15 is 0 Å². The lowest BCUT2D eigenvalue weighted by atomic mass is 9.92. The van der Waals surface area contributed by atoms with Gasteiger partial charge < -0.3 is 20.5 Å². The maximum Gasteiger partial charge on any atom is 0.338 e. The standard InChI is InChI=1S/C18H18FN3O2S.C8H7FO.C6H10O3.C4H5N3S.ClH/c1-4-24-18(23)14-11(3)21-16(17-20-8-9-25-17)22-15(14)12-6-5-7-13(19)10(12)2;1-6-7(5-10)3-2-4-8(6)9;1-3-9-6(8)4-5(2)7;5-3(6)4-7-1-2-8-4;/h5-9,15H,4H2,1-3H3,(H,21,22);2-5H,1H3;3-4H2,1-2H3;1-2H,(H3,5,6);1H. The fraction of sp³-hybridized carbons (Fsp3) is 0.278. The lowest BCUT2D eigenvalue weighted by Gasteiger charge is -2.26. The van der Waals surface area contributed by atoms with Crippen LogP contribution in [0.15, 0.2) is 75.8 Å². The Labute approximate surface area is 320 Å². The summed E-state index contributed by atoms with van der Waals surface area (Å²) in [7, 11) is 0. The predicted molar refractivity (Wildman–Crippen MR) is 204 cm³/mol. The number of hydrogen-bond donors (Lipinski definition) is 3. The number of esters is 2. The molecule has 4 N–H and O–H groups in total. The fourth-order valence-electron chi connectivity index (χ4n) is 4.27. The Bertz CT molecular complexity index is 1900. The molecule has 0 saturated heterocycles. The first-order chi connectivity index (χ1) is 24.7. The molecule has 0 bridgehead atoms. The van der Waals surface area contributed by atoms with Crippen molar-refractivity contribution in [1.82, 2.24) is 15.3 Å². The quantitative estimate of drug-likeness (QED) is 0.0533. The zero-order chi connectivity index (χ0) is 38.8. The number of Topliss-reactive ketones (excluding diaryl/α,β-unsaturated/α-hetero) is 1. The second-order valence-corrected chi connectivity index (χ2v) is 12.4. The van der Waals surface area contributed by atoms with Crippen molar-refractivity contribution >= 4 is 70.8 Å². The summed E-state index contributed by atoms with van der Waals surface area (Å²) in [5.41, 5.74) is 8.04. The van der Waals surface area contributed by atoms with E-state index in [1.807, 2.05) is 5.38 Å². The van der Waals surface area contributed by atoms with Gasteiger partial charge in [-0.1, -0.05) is 24.3 Å². The number of ether oxygens (including phenoxy) is 2. The summed E-state index contributed by atoms with van der Waals surface area (Å²) in [5.74, 6) is -1.11. The van der Waals surface area contributed by atoms with E-state index in [0.717, 1.165) is 0 Å². The average molecular weight is 791 g/mol. The summed E-state index contributed by atoms with van der Waals surface area (Å²) in [6.07, 6.45) is 3.86. The minimum Gasteiger partial charge on any atom is -0.466 e. The van der Waals surface area contributed by atoms with Gasteiger partial charge in [-0.15, -0.1) is 35.1 Å². The number of aldehydes is 1. The van der Waals surface area contributed by atoms with E-state index in [1.165, 1.54) is 47.8 Å². The molecule has 17 heteroatoms. The highest BCUT2D eigenvalue weighted by molar-refractivity contribution is 7.12. The van der Waals surface area contributed by atoms with Gasteiger partial charge in [-0.2, -0.15) is 0 Å².